The van der Waals surface area contributed by atoms with Crippen molar-refractivity contribution in [3.05, 3.63) is 35.9 Å². The van der Waals surface area contributed by atoms with E-state index in [1.807, 2.05) is 37.3 Å². The summed E-state index contributed by atoms with van der Waals surface area (Å²) in [5.41, 5.74) is -0.449. The van der Waals surface area contributed by atoms with Crippen LogP contribution in [0.4, 0.5) is 0 Å². The van der Waals surface area contributed by atoms with Crippen LogP contribution in [0.25, 0.3) is 0 Å². The average molecular weight is 257 g/mol. The van der Waals surface area contributed by atoms with Gasteiger partial charge in [-0.1, -0.05) is 56.5 Å². The molecule has 1 aromatic carbocycles. The third kappa shape index (κ3) is 2.40. The van der Waals surface area contributed by atoms with Crippen molar-refractivity contribution >= 4 is 0 Å². The van der Waals surface area contributed by atoms with Gasteiger partial charge in [0, 0.05) is 5.92 Å². The SMILES string of the molecule is C[C@@H](c1ccccc1)[C@](C)(C#N)C1(O)CCCCC1. The number of nitrogens with zero attached hydrogens (tertiary/aromatic N) is 1. The minimum Gasteiger partial charge on any atom is -0.388 e. The summed E-state index contributed by atoms with van der Waals surface area (Å²) in [4.78, 5) is 0. The van der Waals surface area contributed by atoms with Crippen LogP contribution in [-0.4, -0.2) is 10.7 Å². The molecule has 1 aliphatic rings. The Morgan fingerprint density at radius 3 is 2.32 bits per heavy atom. The van der Waals surface area contributed by atoms with E-state index >= 15 is 0 Å². The molecule has 0 spiro atoms. The zero-order valence-electron chi connectivity index (χ0n) is 11.9. The quantitative estimate of drug-likeness (QED) is 0.889. The van der Waals surface area contributed by atoms with E-state index in [1.54, 1.807) is 0 Å². The molecule has 0 heterocycles. The van der Waals surface area contributed by atoms with E-state index in [2.05, 4.69) is 13.0 Å². The lowest BCUT2D eigenvalue weighted by atomic mass is 9.60. The van der Waals surface area contributed by atoms with Gasteiger partial charge in [0.25, 0.3) is 0 Å². The van der Waals surface area contributed by atoms with Crippen molar-refractivity contribution in [3.63, 3.8) is 0 Å². The Morgan fingerprint density at radius 2 is 1.79 bits per heavy atom. The van der Waals surface area contributed by atoms with Gasteiger partial charge in [-0.05, 0) is 25.3 Å². The fourth-order valence-electron chi connectivity index (χ4n) is 3.33. The standard InChI is InChI=1S/C17H23NO/c1-14(15-9-5-3-6-10-15)16(2,13-18)17(19)11-7-4-8-12-17/h3,5-6,9-10,14,19H,4,7-8,11-12H2,1-2H3/t14-,16-/m0/s1. The van der Waals surface area contributed by atoms with Crippen LogP contribution in [0.15, 0.2) is 30.3 Å². The van der Waals surface area contributed by atoms with Gasteiger partial charge in [-0.15, -0.1) is 0 Å². The number of benzene rings is 1. The van der Waals surface area contributed by atoms with E-state index in [9.17, 15) is 10.4 Å². The van der Waals surface area contributed by atoms with Gasteiger partial charge in [0.15, 0.2) is 0 Å². The maximum Gasteiger partial charge on any atom is 0.0897 e. The zero-order valence-corrected chi connectivity index (χ0v) is 11.9. The van der Waals surface area contributed by atoms with Crippen molar-refractivity contribution in [2.45, 2.75) is 57.5 Å². The van der Waals surface area contributed by atoms with E-state index in [-0.39, 0.29) is 5.92 Å². The molecule has 19 heavy (non-hydrogen) atoms. The summed E-state index contributed by atoms with van der Waals surface area (Å²) in [5, 5.41) is 20.7. The van der Waals surface area contributed by atoms with Crippen molar-refractivity contribution < 1.29 is 5.11 Å². The van der Waals surface area contributed by atoms with Crippen LogP contribution >= 0.6 is 0 Å². The fraction of sp³-hybridized carbons (Fsp3) is 0.588. The molecule has 1 aromatic rings. The molecule has 2 atom stereocenters. The van der Waals surface area contributed by atoms with E-state index in [4.69, 9.17) is 0 Å². The smallest absolute Gasteiger partial charge is 0.0897 e. The summed E-state index contributed by atoms with van der Waals surface area (Å²) in [6.45, 7) is 3.99. The first-order chi connectivity index (χ1) is 9.03. The molecule has 2 heteroatoms. The molecule has 2 rings (SSSR count). The van der Waals surface area contributed by atoms with E-state index in [1.165, 1.54) is 6.42 Å². The normalized spacial score (nSPS) is 23.1. The summed E-state index contributed by atoms with van der Waals surface area (Å²) >= 11 is 0. The molecular weight excluding hydrogens is 234 g/mol. The third-order valence-corrected chi connectivity index (χ3v) is 5.05. The van der Waals surface area contributed by atoms with Gasteiger partial charge in [0.2, 0.25) is 0 Å². The molecule has 0 bridgehead atoms. The molecular formula is C17H23NO. The van der Waals surface area contributed by atoms with Crippen LogP contribution < -0.4 is 0 Å². The van der Waals surface area contributed by atoms with Crippen LogP contribution in [0, 0.1) is 16.7 Å². The van der Waals surface area contributed by atoms with Gasteiger partial charge >= 0.3 is 0 Å². The molecule has 0 radical (unpaired) electrons. The van der Waals surface area contributed by atoms with Crippen molar-refractivity contribution in [1.82, 2.24) is 0 Å². The summed E-state index contributed by atoms with van der Waals surface area (Å²) in [6, 6.07) is 12.5. The van der Waals surface area contributed by atoms with Crippen molar-refractivity contribution in [2.24, 2.45) is 5.41 Å². The van der Waals surface area contributed by atoms with Gasteiger partial charge in [0.1, 0.15) is 0 Å². The molecule has 0 saturated heterocycles. The summed E-state index contributed by atoms with van der Waals surface area (Å²) in [5.74, 6) is 0.0294. The van der Waals surface area contributed by atoms with Crippen LogP contribution in [0.2, 0.25) is 0 Å². The lowest BCUT2D eigenvalue weighted by Crippen LogP contribution is -2.49. The van der Waals surface area contributed by atoms with Crippen molar-refractivity contribution in [2.75, 3.05) is 0 Å². The van der Waals surface area contributed by atoms with Crippen molar-refractivity contribution in [1.29, 1.82) is 5.26 Å². The molecule has 0 unspecified atom stereocenters. The van der Waals surface area contributed by atoms with Gasteiger partial charge in [-0.2, -0.15) is 5.26 Å². The number of rotatable bonds is 3. The minimum absolute atomic E-state index is 0.0294. The molecule has 1 saturated carbocycles. The van der Waals surface area contributed by atoms with E-state index in [0.29, 0.717) is 0 Å². The molecule has 1 aliphatic carbocycles. The number of nitriles is 1. The highest BCUT2D eigenvalue weighted by molar-refractivity contribution is 5.27. The first-order valence-electron chi connectivity index (χ1n) is 7.22. The van der Waals surface area contributed by atoms with Gasteiger partial charge in [-0.25, -0.2) is 0 Å². The average Bonchev–Trinajstić information content (AvgIpc) is 2.47. The lowest BCUT2D eigenvalue weighted by molar-refractivity contribution is -0.0842. The highest BCUT2D eigenvalue weighted by Gasteiger charge is 2.51. The maximum atomic E-state index is 11.0. The predicted octanol–water partition coefficient (Wildman–Crippen LogP) is 4.02. The Labute approximate surface area is 116 Å². The molecule has 102 valence electrons. The second kappa shape index (κ2) is 5.35. The monoisotopic (exact) mass is 257 g/mol. The lowest BCUT2D eigenvalue weighted by Gasteiger charge is -2.46. The Balaban J connectivity index is 2.34. The molecule has 0 aromatic heterocycles. The van der Waals surface area contributed by atoms with Gasteiger partial charge in [0.05, 0.1) is 17.1 Å². The number of aliphatic hydroxyl groups is 1. The highest BCUT2D eigenvalue weighted by atomic mass is 16.3. The van der Waals surface area contributed by atoms with E-state index in [0.717, 1.165) is 31.2 Å². The third-order valence-electron chi connectivity index (χ3n) is 5.05. The molecule has 1 N–H and O–H groups in total. The Bertz CT molecular complexity index is 456. The molecule has 2 nitrogen and oxygen atoms in total. The second-order valence-electron chi connectivity index (χ2n) is 6.04. The Hall–Kier alpha value is -1.33. The first kappa shape index (κ1) is 14.1. The summed E-state index contributed by atoms with van der Waals surface area (Å²) in [6.07, 6.45) is 4.70. The fourth-order valence-corrected chi connectivity index (χ4v) is 3.33. The highest BCUT2D eigenvalue weighted by Crippen LogP contribution is 2.49. The number of hydrogen-bond donors (Lipinski definition) is 1. The van der Waals surface area contributed by atoms with Crippen LogP contribution in [0.3, 0.4) is 0 Å². The largest absolute Gasteiger partial charge is 0.388 e. The van der Waals surface area contributed by atoms with Crippen molar-refractivity contribution in [3.8, 4) is 6.07 Å². The Kier molecular flexibility index (Phi) is 3.96. The first-order valence-corrected chi connectivity index (χ1v) is 7.22. The topological polar surface area (TPSA) is 44.0 Å². The molecule has 0 amide bonds. The van der Waals surface area contributed by atoms with Gasteiger partial charge in [-0.3, -0.25) is 0 Å². The summed E-state index contributed by atoms with van der Waals surface area (Å²) in [7, 11) is 0. The minimum atomic E-state index is -0.852. The second-order valence-corrected chi connectivity index (χ2v) is 6.04. The van der Waals surface area contributed by atoms with Crippen LogP contribution in [0.1, 0.15) is 57.4 Å². The Morgan fingerprint density at radius 1 is 1.21 bits per heavy atom. The maximum absolute atomic E-state index is 11.0. The van der Waals surface area contributed by atoms with Crippen LogP contribution in [0.5, 0.6) is 0 Å². The van der Waals surface area contributed by atoms with E-state index < -0.39 is 11.0 Å². The van der Waals surface area contributed by atoms with Gasteiger partial charge < -0.3 is 5.11 Å². The molecule has 0 aliphatic heterocycles. The summed E-state index contributed by atoms with van der Waals surface area (Å²) < 4.78 is 0. The zero-order chi connectivity index (χ0) is 13.9. The van der Waals surface area contributed by atoms with Crippen LogP contribution in [-0.2, 0) is 0 Å². The predicted molar refractivity (Wildman–Crippen MR) is 76.6 cm³/mol. The molecule has 1 fully saturated rings. The number of hydrogen-bond acceptors (Lipinski definition) is 2.